The molecule has 7 nitrogen and oxygen atoms in total. The maximum atomic E-state index is 13.0. The molecule has 0 heterocycles. The molecule has 0 aromatic heterocycles. The normalized spacial score (nSPS) is 19.6. The number of ether oxygens (including phenoxy) is 2. The minimum absolute atomic E-state index is 0.0565. The number of carbonyl (C=O) groups is 4. The van der Waals surface area contributed by atoms with Gasteiger partial charge in [-0.15, -0.1) is 0 Å². The third-order valence-corrected chi connectivity index (χ3v) is 6.50. The van der Waals surface area contributed by atoms with Crippen LogP contribution >= 0.6 is 0 Å². The summed E-state index contributed by atoms with van der Waals surface area (Å²) in [5.41, 5.74) is 1.18. The highest BCUT2D eigenvalue weighted by atomic mass is 16.5. The van der Waals surface area contributed by atoms with E-state index < -0.39 is 24.5 Å². The monoisotopic (exact) mass is 479 g/mol. The largest absolute Gasteiger partial charge is 0.458 e. The first-order valence-electron chi connectivity index (χ1n) is 12.0. The van der Waals surface area contributed by atoms with Gasteiger partial charge in [0.1, 0.15) is 6.10 Å². The smallest absolute Gasteiger partial charge is 0.339 e. The van der Waals surface area contributed by atoms with E-state index in [0.717, 1.165) is 19.3 Å². The highest BCUT2D eigenvalue weighted by Crippen LogP contribution is 2.35. The summed E-state index contributed by atoms with van der Waals surface area (Å²) in [5.74, 6) is -0.814. The van der Waals surface area contributed by atoms with E-state index in [1.165, 1.54) is 19.1 Å². The quantitative estimate of drug-likeness (QED) is 0.407. The van der Waals surface area contributed by atoms with Crippen molar-refractivity contribution in [1.29, 1.82) is 0 Å². The Balaban J connectivity index is 1.62. The first-order valence-corrected chi connectivity index (χ1v) is 12.0. The second-order valence-corrected chi connectivity index (χ2v) is 9.57. The molecule has 1 N–H and O–H groups in total. The summed E-state index contributed by atoms with van der Waals surface area (Å²) in [6.07, 6.45) is 2.72. The Bertz CT molecular complexity index is 1080. The number of amides is 1. The van der Waals surface area contributed by atoms with Crippen LogP contribution in [-0.2, 0) is 14.3 Å². The molecule has 1 saturated carbocycles. The minimum atomic E-state index is -0.781. The fraction of sp³-hybridized carbons (Fsp3) is 0.429. The summed E-state index contributed by atoms with van der Waals surface area (Å²) < 4.78 is 11.1. The topological polar surface area (TPSA) is 98.8 Å². The molecule has 0 unspecified atom stereocenters. The van der Waals surface area contributed by atoms with Gasteiger partial charge in [0.25, 0.3) is 5.91 Å². The van der Waals surface area contributed by atoms with E-state index in [2.05, 4.69) is 26.1 Å². The van der Waals surface area contributed by atoms with Crippen LogP contribution in [0.4, 0.5) is 5.69 Å². The molecule has 2 aromatic carbocycles. The zero-order valence-corrected chi connectivity index (χ0v) is 20.7. The van der Waals surface area contributed by atoms with Crippen molar-refractivity contribution in [1.82, 2.24) is 0 Å². The molecule has 1 aliphatic rings. The Morgan fingerprint density at radius 1 is 0.943 bits per heavy atom. The molecule has 0 bridgehead atoms. The van der Waals surface area contributed by atoms with Gasteiger partial charge in [-0.25, -0.2) is 9.59 Å². The molecule has 35 heavy (non-hydrogen) atoms. The van der Waals surface area contributed by atoms with Crippen molar-refractivity contribution < 1.29 is 28.7 Å². The maximum Gasteiger partial charge on any atom is 0.339 e. The first kappa shape index (κ1) is 26.1. The summed E-state index contributed by atoms with van der Waals surface area (Å²) in [4.78, 5) is 49.3. The molecule has 7 heteroatoms. The van der Waals surface area contributed by atoms with Gasteiger partial charge in [0, 0.05) is 11.3 Å². The van der Waals surface area contributed by atoms with Crippen LogP contribution in [0.1, 0.15) is 78.0 Å². The van der Waals surface area contributed by atoms with Crippen LogP contribution < -0.4 is 5.32 Å². The number of Topliss-reactive ketones (excluding diaryl/α,β-unsaturated/α-hetero) is 1. The summed E-state index contributed by atoms with van der Waals surface area (Å²) in [5, 5.41) is 2.61. The highest BCUT2D eigenvalue weighted by Gasteiger charge is 2.34. The number of hydrogen-bond donors (Lipinski definition) is 1. The van der Waals surface area contributed by atoms with Crippen molar-refractivity contribution in [3.63, 3.8) is 0 Å². The number of nitrogens with one attached hydrogen (secondary N) is 1. The van der Waals surface area contributed by atoms with Gasteiger partial charge in [-0.3, -0.25) is 9.59 Å². The number of anilines is 1. The van der Waals surface area contributed by atoms with E-state index in [9.17, 15) is 19.2 Å². The standard InChI is InChI=1S/C28H33NO6/c1-17(2)22-14-9-18(3)15-25(22)35-28(33)24-8-6-5-7-23(24)27(32)34-16-26(31)29-21-12-10-20(11-13-21)19(4)30/h5-8,10-13,17-18,22,25H,9,14-16H2,1-4H3,(H,29,31)/t18-,22-,25+/m0/s1. The minimum Gasteiger partial charge on any atom is -0.458 e. The third kappa shape index (κ3) is 7.01. The van der Waals surface area contributed by atoms with Crippen LogP contribution in [0.3, 0.4) is 0 Å². The molecule has 2 aromatic rings. The van der Waals surface area contributed by atoms with Gasteiger partial charge in [-0.1, -0.05) is 39.3 Å². The van der Waals surface area contributed by atoms with Gasteiger partial charge in [0.05, 0.1) is 11.1 Å². The molecular weight excluding hydrogens is 446 g/mol. The first-order chi connectivity index (χ1) is 16.7. The van der Waals surface area contributed by atoms with E-state index in [4.69, 9.17) is 9.47 Å². The van der Waals surface area contributed by atoms with Gasteiger partial charge in [-0.2, -0.15) is 0 Å². The molecule has 0 aliphatic heterocycles. The average Bonchev–Trinajstić information content (AvgIpc) is 2.82. The predicted molar refractivity (Wildman–Crippen MR) is 132 cm³/mol. The fourth-order valence-corrected chi connectivity index (χ4v) is 4.48. The summed E-state index contributed by atoms with van der Waals surface area (Å²) in [7, 11) is 0. The summed E-state index contributed by atoms with van der Waals surface area (Å²) in [6.45, 7) is 7.36. The fourth-order valence-electron chi connectivity index (χ4n) is 4.48. The lowest BCUT2D eigenvalue weighted by molar-refractivity contribution is -0.119. The Kier molecular flexibility index (Phi) is 8.79. The number of hydrogen-bond acceptors (Lipinski definition) is 6. The molecule has 186 valence electrons. The lowest BCUT2D eigenvalue weighted by atomic mass is 9.75. The van der Waals surface area contributed by atoms with Gasteiger partial charge in [0.2, 0.25) is 0 Å². The number of carbonyl (C=O) groups excluding carboxylic acids is 4. The molecule has 0 radical (unpaired) electrons. The second-order valence-electron chi connectivity index (χ2n) is 9.57. The molecular formula is C28H33NO6. The van der Waals surface area contributed by atoms with E-state index >= 15 is 0 Å². The zero-order chi connectivity index (χ0) is 25.5. The predicted octanol–water partition coefficient (Wildman–Crippen LogP) is 5.30. The van der Waals surface area contributed by atoms with E-state index in [1.807, 2.05) is 0 Å². The second kappa shape index (κ2) is 11.8. The number of esters is 2. The van der Waals surface area contributed by atoms with Gasteiger partial charge in [0.15, 0.2) is 12.4 Å². The number of benzene rings is 2. The number of rotatable bonds is 8. The van der Waals surface area contributed by atoms with Crippen LogP contribution in [0.5, 0.6) is 0 Å². The van der Waals surface area contributed by atoms with Crippen molar-refractivity contribution in [2.45, 2.75) is 53.1 Å². The SMILES string of the molecule is CC(=O)c1ccc(NC(=O)COC(=O)c2ccccc2C(=O)O[C@@H]2C[C@@H](C)CC[C@H]2C(C)C)cc1. The molecule has 3 atom stereocenters. The van der Waals surface area contributed by atoms with Crippen LogP contribution in [0.25, 0.3) is 0 Å². The Hall–Kier alpha value is -3.48. The molecule has 1 aliphatic carbocycles. The van der Waals surface area contributed by atoms with Crippen LogP contribution in [-0.4, -0.2) is 36.3 Å². The average molecular weight is 480 g/mol. The zero-order valence-electron chi connectivity index (χ0n) is 20.7. The van der Waals surface area contributed by atoms with Crippen molar-refractivity contribution in [2.24, 2.45) is 17.8 Å². The Morgan fingerprint density at radius 2 is 1.57 bits per heavy atom. The van der Waals surface area contributed by atoms with Crippen LogP contribution in [0, 0.1) is 17.8 Å². The summed E-state index contributed by atoms with van der Waals surface area (Å²) in [6, 6.07) is 12.7. The number of ketones is 1. The van der Waals surface area contributed by atoms with Gasteiger partial charge in [-0.05, 0) is 73.9 Å². The molecule has 0 saturated heterocycles. The van der Waals surface area contributed by atoms with Crippen molar-refractivity contribution in [3.8, 4) is 0 Å². The van der Waals surface area contributed by atoms with Crippen molar-refractivity contribution in [3.05, 3.63) is 65.2 Å². The van der Waals surface area contributed by atoms with E-state index in [-0.39, 0.29) is 28.9 Å². The van der Waals surface area contributed by atoms with Gasteiger partial charge < -0.3 is 14.8 Å². The highest BCUT2D eigenvalue weighted by molar-refractivity contribution is 6.04. The lowest BCUT2D eigenvalue weighted by Gasteiger charge is -2.36. The molecule has 0 spiro atoms. The Morgan fingerprint density at radius 3 is 2.17 bits per heavy atom. The van der Waals surface area contributed by atoms with E-state index in [1.54, 1.807) is 36.4 Å². The third-order valence-electron chi connectivity index (χ3n) is 6.50. The van der Waals surface area contributed by atoms with Crippen LogP contribution in [0.2, 0.25) is 0 Å². The van der Waals surface area contributed by atoms with Crippen LogP contribution in [0.15, 0.2) is 48.5 Å². The Labute approximate surface area is 206 Å². The maximum absolute atomic E-state index is 13.0. The van der Waals surface area contributed by atoms with Gasteiger partial charge >= 0.3 is 11.9 Å². The van der Waals surface area contributed by atoms with E-state index in [0.29, 0.717) is 23.1 Å². The van der Waals surface area contributed by atoms with Crippen molar-refractivity contribution >= 4 is 29.3 Å². The summed E-state index contributed by atoms with van der Waals surface area (Å²) >= 11 is 0. The lowest BCUT2D eigenvalue weighted by Crippen LogP contribution is -2.36. The molecule has 1 amide bonds. The van der Waals surface area contributed by atoms with Crippen molar-refractivity contribution in [2.75, 3.05) is 11.9 Å². The molecule has 1 fully saturated rings. The molecule has 3 rings (SSSR count).